The Morgan fingerprint density at radius 1 is 0.913 bits per heavy atom. The third-order valence-electron chi connectivity index (χ3n) is 3.64. The van der Waals surface area contributed by atoms with Gasteiger partial charge in [0.15, 0.2) is 5.78 Å². The molecular formula is C19H13ClO3. The molecule has 0 atom stereocenters. The minimum absolute atomic E-state index is 0.186. The van der Waals surface area contributed by atoms with E-state index in [0.29, 0.717) is 27.1 Å². The van der Waals surface area contributed by atoms with Crippen molar-refractivity contribution in [1.29, 1.82) is 0 Å². The Bertz CT molecular complexity index is 910. The van der Waals surface area contributed by atoms with E-state index in [1.807, 2.05) is 12.1 Å². The Morgan fingerprint density at radius 2 is 1.57 bits per heavy atom. The summed E-state index contributed by atoms with van der Waals surface area (Å²) in [5.74, 6) is -0.656. The van der Waals surface area contributed by atoms with Crippen molar-refractivity contribution in [2.75, 3.05) is 7.11 Å². The number of methoxy groups -OCH3 is 1. The zero-order valence-electron chi connectivity index (χ0n) is 12.4. The lowest BCUT2D eigenvalue weighted by molar-refractivity contribution is 0.0603. The molecule has 3 aromatic rings. The molecule has 0 radical (unpaired) electrons. The zero-order valence-corrected chi connectivity index (χ0v) is 13.1. The molecule has 3 aromatic carbocycles. The second kappa shape index (κ2) is 6.23. The molecule has 114 valence electrons. The molecule has 0 aliphatic heterocycles. The van der Waals surface area contributed by atoms with Gasteiger partial charge in [-0.1, -0.05) is 54.1 Å². The van der Waals surface area contributed by atoms with Crippen molar-refractivity contribution in [3.05, 3.63) is 82.4 Å². The van der Waals surface area contributed by atoms with Crippen LogP contribution in [0.15, 0.2) is 60.7 Å². The summed E-state index contributed by atoms with van der Waals surface area (Å²) in [7, 11) is 1.32. The number of hydrogen-bond donors (Lipinski definition) is 0. The molecule has 4 heteroatoms. The molecule has 0 fully saturated rings. The van der Waals surface area contributed by atoms with E-state index in [-0.39, 0.29) is 5.78 Å². The first-order chi connectivity index (χ1) is 11.1. The molecule has 0 aliphatic carbocycles. The van der Waals surface area contributed by atoms with Gasteiger partial charge in [0.2, 0.25) is 0 Å². The maximum Gasteiger partial charge on any atom is 0.338 e. The lowest BCUT2D eigenvalue weighted by Crippen LogP contribution is -2.07. The summed E-state index contributed by atoms with van der Waals surface area (Å²) in [6, 6.07) is 17.4. The third kappa shape index (κ3) is 2.83. The van der Waals surface area contributed by atoms with Crippen LogP contribution in [-0.2, 0) is 4.74 Å². The van der Waals surface area contributed by atoms with E-state index in [2.05, 4.69) is 0 Å². The number of fused-ring (bicyclic) bond motifs is 1. The van der Waals surface area contributed by atoms with Crippen LogP contribution in [0.25, 0.3) is 10.8 Å². The maximum absolute atomic E-state index is 12.9. The molecule has 0 aliphatic rings. The Labute approximate surface area is 138 Å². The normalized spacial score (nSPS) is 10.5. The highest BCUT2D eigenvalue weighted by Gasteiger charge is 2.18. The van der Waals surface area contributed by atoms with Crippen molar-refractivity contribution >= 4 is 34.1 Å². The van der Waals surface area contributed by atoms with Crippen molar-refractivity contribution in [3.63, 3.8) is 0 Å². The number of halogens is 1. The highest BCUT2D eigenvalue weighted by atomic mass is 35.5. The van der Waals surface area contributed by atoms with Crippen LogP contribution in [0.1, 0.15) is 26.3 Å². The summed E-state index contributed by atoms with van der Waals surface area (Å²) in [5.41, 5.74) is 1.30. The fourth-order valence-corrected chi connectivity index (χ4v) is 2.79. The van der Waals surface area contributed by atoms with Crippen LogP contribution in [0.5, 0.6) is 0 Å². The van der Waals surface area contributed by atoms with Crippen LogP contribution in [0.4, 0.5) is 0 Å². The van der Waals surface area contributed by atoms with Gasteiger partial charge in [-0.2, -0.15) is 0 Å². The zero-order chi connectivity index (χ0) is 16.4. The van der Waals surface area contributed by atoms with Gasteiger partial charge in [0.1, 0.15) is 0 Å². The van der Waals surface area contributed by atoms with Gasteiger partial charge < -0.3 is 4.74 Å². The molecule has 0 N–H and O–H groups in total. The first kappa shape index (κ1) is 15.3. The van der Waals surface area contributed by atoms with Crippen LogP contribution >= 0.6 is 11.6 Å². The molecule has 0 bridgehead atoms. The number of ketones is 1. The molecule has 0 saturated heterocycles. The minimum atomic E-state index is -0.470. The van der Waals surface area contributed by atoms with Gasteiger partial charge in [0.25, 0.3) is 0 Å². The summed E-state index contributed by atoms with van der Waals surface area (Å²) in [6.07, 6.45) is 0. The molecule has 3 rings (SSSR count). The number of carbonyl (C=O) groups excluding carboxylic acids is 2. The average Bonchev–Trinajstić information content (AvgIpc) is 2.59. The van der Waals surface area contributed by atoms with E-state index < -0.39 is 5.97 Å². The van der Waals surface area contributed by atoms with E-state index in [4.69, 9.17) is 16.3 Å². The summed E-state index contributed by atoms with van der Waals surface area (Å²) in [4.78, 5) is 24.9. The van der Waals surface area contributed by atoms with Crippen LogP contribution in [0, 0.1) is 0 Å². The van der Waals surface area contributed by atoms with E-state index in [1.165, 1.54) is 7.11 Å². The Hall–Kier alpha value is -2.65. The van der Waals surface area contributed by atoms with Crippen LogP contribution < -0.4 is 0 Å². The lowest BCUT2D eigenvalue weighted by atomic mass is 9.94. The summed E-state index contributed by atoms with van der Waals surface area (Å²) >= 11 is 5.97. The fourth-order valence-electron chi connectivity index (χ4n) is 2.60. The molecule has 23 heavy (non-hydrogen) atoms. The fraction of sp³-hybridized carbons (Fsp3) is 0.0526. The molecule has 0 spiro atoms. The summed E-state index contributed by atoms with van der Waals surface area (Å²) in [6.45, 7) is 0. The molecule has 0 unspecified atom stereocenters. The van der Waals surface area contributed by atoms with Crippen LogP contribution in [0.3, 0.4) is 0 Å². The van der Waals surface area contributed by atoms with Crippen LogP contribution in [-0.4, -0.2) is 18.9 Å². The number of benzene rings is 3. The van der Waals surface area contributed by atoms with Gasteiger partial charge in [-0.25, -0.2) is 4.79 Å². The number of ether oxygens (including phenoxy) is 1. The van der Waals surface area contributed by atoms with Gasteiger partial charge in [0, 0.05) is 21.5 Å². The Kier molecular flexibility index (Phi) is 4.13. The van der Waals surface area contributed by atoms with E-state index >= 15 is 0 Å². The maximum atomic E-state index is 12.9. The lowest BCUT2D eigenvalue weighted by Gasteiger charge is -2.10. The monoisotopic (exact) mass is 324 g/mol. The third-order valence-corrected chi connectivity index (χ3v) is 3.88. The van der Waals surface area contributed by atoms with Gasteiger partial charge in [0.05, 0.1) is 12.7 Å². The van der Waals surface area contributed by atoms with Crippen LogP contribution in [0.2, 0.25) is 5.02 Å². The molecular weight excluding hydrogens is 312 g/mol. The Morgan fingerprint density at radius 3 is 2.22 bits per heavy atom. The van der Waals surface area contributed by atoms with E-state index in [1.54, 1.807) is 48.5 Å². The highest BCUT2D eigenvalue weighted by Crippen LogP contribution is 2.26. The predicted molar refractivity (Wildman–Crippen MR) is 90.2 cm³/mol. The van der Waals surface area contributed by atoms with Gasteiger partial charge in [-0.15, -0.1) is 0 Å². The minimum Gasteiger partial charge on any atom is -0.465 e. The van der Waals surface area contributed by atoms with Crippen molar-refractivity contribution in [3.8, 4) is 0 Å². The molecule has 0 heterocycles. The number of hydrogen-bond acceptors (Lipinski definition) is 3. The summed E-state index contributed by atoms with van der Waals surface area (Å²) in [5, 5.41) is 1.89. The standard InChI is InChI=1S/C19H13ClO3/c1-23-19(22)16-10-4-6-12-5-3-9-15(17(12)16)18(21)13-7-2-8-14(20)11-13/h2-11H,1H3. The SMILES string of the molecule is COC(=O)c1cccc2cccc(C(=O)c3cccc(Cl)c3)c12. The molecule has 3 nitrogen and oxygen atoms in total. The van der Waals surface area contributed by atoms with Crippen molar-refractivity contribution < 1.29 is 14.3 Å². The number of carbonyl (C=O) groups is 2. The highest BCUT2D eigenvalue weighted by molar-refractivity contribution is 6.31. The van der Waals surface area contributed by atoms with E-state index in [9.17, 15) is 9.59 Å². The Balaban J connectivity index is 2.25. The topological polar surface area (TPSA) is 43.4 Å². The second-order valence-electron chi connectivity index (χ2n) is 5.04. The molecule has 0 aromatic heterocycles. The second-order valence-corrected chi connectivity index (χ2v) is 5.48. The van der Waals surface area contributed by atoms with Gasteiger partial charge in [-0.05, 0) is 23.6 Å². The quantitative estimate of drug-likeness (QED) is 0.526. The average molecular weight is 325 g/mol. The largest absolute Gasteiger partial charge is 0.465 e. The summed E-state index contributed by atoms with van der Waals surface area (Å²) < 4.78 is 4.83. The van der Waals surface area contributed by atoms with Crippen molar-refractivity contribution in [1.82, 2.24) is 0 Å². The van der Waals surface area contributed by atoms with Crippen molar-refractivity contribution in [2.45, 2.75) is 0 Å². The predicted octanol–water partition coefficient (Wildman–Crippen LogP) is 4.51. The van der Waals surface area contributed by atoms with Gasteiger partial charge in [-0.3, -0.25) is 4.79 Å². The molecule has 0 amide bonds. The van der Waals surface area contributed by atoms with E-state index in [0.717, 1.165) is 5.39 Å². The number of rotatable bonds is 3. The number of esters is 1. The molecule has 0 saturated carbocycles. The van der Waals surface area contributed by atoms with Crippen molar-refractivity contribution in [2.24, 2.45) is 0 Å². The smallest absolute Gasteiger partial charge is 0.338 e. The van der Waals surface area contributed by atoms with Gasteiger partial charge >= 0.3 is 5.97 Å². The first-order valence-corrected chi connectivity index (χ1v) is 7.40. The first-order valence-electron chi connectivity index (χ1n) is 7.02.